The average Bonchev–Trinajstić information content (AvgIpc) is 3.58. The number of likely N-dealkylation sites (tertiary alicyclic amines) is 1. The number of ether oxygens (including phenoxy) is 2. The molecule has 1 aromatic heterocycles. The Morgan fingerprint density at radius 3 is 2.63 bits per heavy atom. The smallest absolute Gasteiger partial charge is 0.247 e. The van der Waals surface area contributed by atoms with Crippen LogP contribution in [0.25, 0.3) is 6.08 Å². The first kappa shape index (κ1) is 24.6. The Bertz CT molecular complexity index is 1280. The van der Waals surface area contributed by atoms with E-state index >= 15 is 0 Å². The van der Waals surface area contributed by atoms with Crippen molar-refractivity contribution in [1.82, 2.24) is 9.62 Å². The Morgan fingerprint density at radius 2 is 1.94 bits per heavy atom. The molecule has 184 valence electrons. The number of hydrogen-bond donors (Lipinski definition) is 1. The minimum Gasteiger partial charge on any atom is -0.497 e. The molecule has 9 heteroatoms. The standard InChI is InChI=1S/C26H28N2O6S/c1-32-20-10-13-25(33-2)23(17-20)24-6-3-15-28(24)26(29)14-9-19-7-11-22(12-8-19)35(30,31)27-18-21-5-4-16-34-21/h4-5,7-14,16-17,24,27H,3,6,15,18H2,1-2H3/b14-9+/t24-/m0/s1. The number of benzene rings is 2. The van der Waals surface area contributed by atoms with Gasteiger partial charge in [-0.05, 0) is 66.9 Å². The molecule has 1 saturated heterocycles. The van der Waals surface area contributed by atoms with Crippen LogP contribution in [0.4, 0.5) is 0 Å². The summed E-state index contributed by atoms with van der Waals surface area (Å²) >= 11 is 0. The first-order valence-corrected chi connectivity index (χ1v) is 12.7. The van der Waals surface area contributed by atoms with Crippen molar-refractivity contribution >= 4 is 22.0 Å². The molecule has 4 rings (SSSR count). The maximum atomic E-state index is 13.0. The van der Waals surface area contributed by atoms with E-state index in [0.29, 0.717) is 18.1 Å². The molecule has 35 heavy (non-hydrogen) atoms. The lowest BCUT2D eigenvalue weighted by Gasteiger charge is -2.25. The topological polar surface area (TPSA) is 98.1 Å². The van der Waals surface area contributed by atoms with E-state index in [9.17, 15) is 13.2 Å². The van der Waals surface area contributed by atoms with Crippen molar-refractivity contribution in [2.45, 2.75) is 30.3 Å². The van der Waals surface area contributed by atoms with Gasteiger partial charge in [-0.3, -0.25) is 4.79 Å². The lowest BCUT2D eigenvalue weighted by molar-refractivity contribution is -0.126. The van der Waals surface area contributed by atoms with Crippen molar-refractivity contribution in [3.05, 3.63) is 83.8 Å². The van der Waals surface area contributed by atoms with E-state index in [1.807, 2.05) is 23.1 Å². The predicted molar refractivity (Wildman–Crippen MR) is 131 cm³/mol. The number of hydrogen-bond acceptors (Lipinski definition) is 6. The molecular formula is C26H28N2O6S. The summed E-state index contributed by atoms with van der Waals surface area (Å²) in [5.74, 6) is 1.84. The second-order valence-electron chi connectivity index (χ2n) is 8.10. The minimum atomic E-state index is -3.68. The van der Waals surface area contributed by atoms with Crippen LogP contribution in [0.2, 0.25) is 0 Å². The molecule has 1 amide bonds. The van der Waals surface area contributed by atoms with Gasteiger partial charge in [0, 0.05) is 18.2 Å². The zero-order valence-electron chi connectivity index (χ0n) is 19.6. The maximum absolute atomic E-state index is 13.0. The molecule has 0 aliphatic carbocycles. The van der Waals surface area contributed by atoms with Crippen molar-refractivity contribution in [2.24, 2.45) is 0 Å². The number of carbonyl (C=O) groups is 1. The van der Waals surface area contributed by atoms with Crippen molar-refractivity contribution in [2.75, 3.05) is 20.8 Å². The van der Waals surface area contributed by atoms with Crippen LogP contribution in [0, 0.1) is 0 Å². The summed E-state index contributed by atoms with van der Waals surface area (Å²) in [5, 5.41) is 0. The molecule has 2 heterocycles. The molecule has 0 saturated carbocycles. The van der Waals surface area contributed by atoms with Gasteiger partial charge >= 0.3 is 0 Å². The number of methoxy groups -OCH3 is 2. The van der Waals surface area contributed by atoms with Gasteiger partial charge in [0.2, 0.25) is 15.9 Å². The third kappa shape index (κ3) is 5.75. The van der Waals surface area contributed by atoms with E-state index in [-0.39, 0.29) is 23.4 Å². The fourth-order valence-electron chi connectivity index (χ4n) is 4.14. The van der Waals surface area contributed by atoms with Crippen LogP contribution in [0.1, 0.15) is 35.8 Å². The van der Waals surface area contributed by atoms with Crippen molar-refractivity contribution in [1.29, 1.82) is 0 Å². The number of rotatable bonds is 9. The summed E-state index contributed by atoms with van der Waals surface area (Å²) in [7, 11) is -0.457. The van der Waals surface area contributed by atoms with Gasteiger partial charge in [0.05, 0.1) is 38.0 Å². The predicted octanol–water partition coefficient (Wildman–Crippen LogP) is 4.15. The van der Waals surface area contributed by atoms with Gasteiger partial charge in [-0.2, -0.15) is 0 Å². The highest BCUT2D eigenvalue weighted by Gasteiger charge is 2.31. The Labute approximate surface area is 205 Å². The van der Waals surface area contributed by atoms with Crippen LogP contribution in [-0.4, -0.2) is 40.0 Å². The lowest BCUT2D eigenvalue weighted by Crippen LogP contribution is -2.29. The van der Waals surface area contributed by atoms with E-state index in [0.717, 1.165) is 29.7 Å². The molecule has 1 aliphatic rings. The highest BCUT2D eigenvalue weighted by atomic mass is 32.2. The zero-order valence-corrected chi connectivity index (χ0v) is 20.5. The highest BCUT2D eigenvalue weighted by Crippen LogP contribution is 2.39. The van der Waals surface area contributed by atoms with Crippen molar-refractivity contribution < 1.29 is 27.1 Å². The molecule has 1 N–H and O–H groups in total. The molecule has 3 aromatic rings. The highest BCUT2D eigenvalue weighted by molar-refractivity contribution is 7.89. The molecular weight excluding hydrogens is 468 g/mol. The summed E-state index contributed by atoms with van der Waals surface area (Å²) in [4.78, 5) is 15.0. The third-order valence-electron chi connectivity index (χ3n) is 5.96. The van der Waals surface area contributed by atoms with Crippen LogP contribution in [0.3, 0.4) is 0 Å². The summed E-state index contributed by atoms with van der Waals surface area (Å²) in [6.07, 6.45) is 6.42. The SMILES string of the molecule is COc1ccc(OC)c([C@@H]2CCCN2C(=O)/C=C/c2ccc(S(=O)(=O)NCc3ccco3)cc2)c1. The zero-order chi connectivity index (χ0) is 24.8. The monoisotopic (exact) mass is 496 g/mol. The first-order chi connectivity index (χ1) is 16.9. The van der Waals surface area contributed by atoms with Gasteiger partial charge in [-0.1, -0.05) is 12.1 Å². The van der Waals surface area contributed by atoms with E-state index < -0.39 is 10.0 Å². The van der Waals surface area contributed by atoms with Crippen LogP contribution in [0.5, 0.6) is 11.5 Å². The van der Waals surface area contributed by atoms with E-state index in [2.05, 4.69) is 4.72 Å². The van der Waals surface area contributed by atoms with Gasteiger partial charge in [0.25, 0.3) is 0 Å². The fraction of sp³-hybridized carbons (Fsp3) is 0.269. The summed E-state index contributed by atoms with van der Waals surface area (Å²) in [5.41, 5.74) is 1.64. The van der Waals surface area contributed by atoms with Gasteiger partial charge in [0.15, 0.2) is 0 Å². The van der Waals surface area contributed by atoms with Gasteiger partial charge < -0.3 is 18.8 Å². The van der Waals surface area contributed by atoms with Crippen LogP contribution < -0.4 is 14.2 Å². The number of furan rings is 1. The quantitative estimate of drug-likeness (QED) is 0.447. The van der Waals surface area contributed by atoms with E-state index in [1.165, 1.54) is 24.5 Å². The average molecular weight is 497 g/mol. The summed E-state index contributed by atoms with van der Waals surface area (Å²) < 4.78 is 43.5. The van der Waals surface area contributed by atoms with Crippen molar-refractivity contribution in [3.63, 3.8) is 0 Å². The minimum absolute atomic E-state index is 0.0700. The number of carbonyl (C=O) groups excluding carboxylic acids is 1. The molecule has 1 aliphatic heterocycles. The van der Waals surface area contributed by atoms with Crippen LogP contribution >= 0.6 is 0 Å². The Hall–Kier alpha value is -3.56. The van der Waals surface area contributed by atoms with Gasteiger partial charge in [0.1, 0.15) is 17.3 Å². The Kier molecular flexibility index (Phi) is 7.57. The molecule has 1 atom stereocenters. The first-order valence-electron chi connectivity index (χ1n) is 11.2. The second kappa shape index (κ2) is 10.8. The lowest BCUT2D eigenvalue weighted by atomic mass is 10.0. The molecule has 0 radical (unpaired) electrons. The van der Waals surface area contributed by atoms with Crippen LogP contribution in [-0.2, 0) is 21.4 Å². The van der Waals surface area contributed by atoms with Gasteiger partial charge in [-0.15, -0.1) is 0 Å². The largest absolute Gasteiger partial charge is 0.497 e. The van der Waals surface area contributed by atoms with Gasteiger partial charge in [-0.25, -0.2) is 13.1 Å². The molecule has 0 bridgehead atoms. The maximum Gasteiger partial charge on any atom is 0.247 e. The van der Waals surface area contributed by atoms with Crippen molar-refractivity contribution in [3.8, 4) is 11.5 Å². The van der Waals surface area contributed by atoms with E-state index in [1.54, 1.807) is 44.6 Å². The number of amides is 1. The molecule has 1 fully saturated rings. The number of nitrogens with zero attached hydrogens (tertiary/aromatic N) is 1. The Morgan fingerprint density at radius 1 is 1.14 bits per heavy atom. The molecule has 0 unspecified atom stereocenters. The fourth-order valence-corrected chi connectivity index (χ4v) is 5.13. The third-order valence-corrected chi connectivity index (χ3v) is 7.37. The van der Waals surface area contributed by atoms with E-state index in [4.69, 9.17) is 13.9 Å². The molecule has 0 spiro atoms. The molecule has 8 nitrogen and oxygen atoms in total. The van der Waals surface area contributed by atoms with Crippen LogP contribution in [0.15, 0.2) is 76.2 Å². The summed E-state index contributed by atoms with van der Waals surface area (Å²) in [6, 6.07) is 15.2. The summed E-state index contributed by atoms with van der Waals surface area (Å²) in [6.45, 7) is 0.716. The number of nitrogens with one attached hydrogen (secondary N) is 1. The normalized spacial score (nSPS) is 16.1. The number of sulfonamides is 1. The second-order valence-corrected chi connectivity index (χ2v) is 9.87. The molecule has 2 aromatic carbocycles. The Balaban J connectivity index is 1.44.